The average Bonchev–Trinajstić information content (AvgIpc) is 1.61. The summed E-state index contributed by atoms with van der Waals surface area (Å²) < 4.78 is 4.78. The molecule has 0 fully saturated rings. The minimum absolute atomic E-state index is 0.344. The lowest BCUT2D eigenvalue weighted by Gasteiger charge is -2.00. The zero-order valence-corrected chi connectivity index (χ0v) is 4.55. The fourth-order valence-corrected chi connectivity index (χ4v) is 0.254. The Balaban J connectivity index is 2.68. The normalized spacial score (nSPS) is 14.1. The molecule has 0 saturated carbocycles. The Bertz CT molecular complexity index is 35.1. The van der Waals surface area contributed by atoms with Gasteiger partial charge in [0.2, 0.25) is 0 Å². The van der Waals surface area contributed by atoms with Crippen LogP contribution >= 0.6 is 0 Å². The Morgan fingerprint density at radius 1 is 1.86 bits per heavy atom. The van der Waals surface area contributed by atoms with E-state index in [9.17, 15) is 0 Å². The standard InChI is InChI=1S/C5H11O2/c1-3-7-4-5(2)6/h5-6H,2-4H2,1H3. The second-order valence-electron chi connectivity index (χ2n) is 1.31. The molecule has 0 aromatic rings. The van der Waals surface area contributed by atoms with E-state index in [4.69, 9.17) is 9.84 Å². The van der Waals surface area contributed by atoms with E-state index in [1.807, 2.05) is 6.92 Å². The van der Waals surface area contributed by atoms with Gasteiger partial charge in [-0.3, -0.25) is 0 Å². The predicted octanol–water partition coefficient (Wildman–Crippen LogP) is 0.218. The van der Waals surface area contributed by atoms with Crippen LogP contribution in [0.4, 0.5) is 0 Å². The maximum Gasteiger partial charge on any atom is 0.0774 e. The van der Waals surface area contributed by atoms with Crippen molar-refractivity contribution >= 4 is 0 Å². The molecule has 7 heavy (non-hydrogen) atoms. The van der Waals surface area contributed by atoms with E-state index in [0.717, 1.165) is 0 Å². The number of ether oxygens (including phenoxy) is 1. The van der Waals surface area contributed by atoms with E-state index < -0.39 is 6.10 Å². The average molecular weight is 103 g/mol. The van der Waals surface area contributed by atoms with Crippen LogP contribution in [0.25, 0.3) is 0 Å². The predicted molar refractivity (Wildman–Crippen MR) is 27.9 cm³/mol. The minimum atomic E-state index is -0.569. The molecule has 0 spiro atoms. The van der Waals surface area contributed by atoms with Gasteiger partial charge in [0.15, 0.2) is 0 Å². The SMILES string of the molecule is [CH2]C(O)COCC. The maximum absolute atomic E-state index is 8.45. The summed E-state index contributed by atoms with van der Waals surface area (Å²) in [7, 11) is 0. The number of aliphatic hydroxyl groups excluding tert-OH is 1. The number of hydrogen-bond acceptors (Lipinski definition) is 2. The Morgan fingerprint density at radius 2 is 2.43 bits per heavy atom. The summed E-state index contributed by atoms with van der Waals surface area (Å²) in [6, 6.07) is 0. The second kappa shape index (κ2) is 4.09. The van der Waals surface area contributed by atoms with Crippen LogP contribution < -0.4 is 0 Å². The summed E-state index contributed by atoms with van der Waals surface area (Å²) in [6.45, 7) is 6.17. The zero-order valence-electron chi connectivity index (χ0n) is 4.55. The van der Waals surface area contributed by atoms with Gasteiger partial charge in [0, 0.05) is 6.61 Å². The van der Waals surface area contributed by atoms with Gasteiger partial charge in [0.1, 0.15) is 0 Å². The Kier molecular flexibility index (Phi) is 4.04. The first-order chi connectivity index (χ1) is 3.27. The molecule has 1 radical (unpaired) electrons. The third kappa shape index (κ3) is 5.92. The topological polar surface area (TPSA) is 29.5 Å². The Labute approximate surface area is 44.1 Å². The van der Waals surface area contributed by atoms with Crippen molar-refractivity contribution in [1.82, 2.24) is 0 Å². The first-order valence-electron chi connectivity index (χ1n) is 2.36. The molecule has 2 heteroatoms. The summed E-state index contributed by atoms with van der Waals surface area (Å²) in [6.07, 6.45) is -0.569. The van der Waals surface area contributed by atoms with Crippen LogP contribution in [0.5, 0.6) is 0 Å². The number of hydrogen-bond donors (Lipinski definition) is 1. The molecule has 0 aliphatic carbocycles. The van der Waals surface area contributed by atoms with Crippen LogP contribution in [0, 0.1) is 6.92 Å². The molecule has 2 nitrogen and oxygen atoms in total. The highest BCUT2D eigenvalue weighted by Crippen LogP contribution is 1.78. The first-order valence-corrected chi connectivity index (χ1v) is 2.36. The lowest BCUT2D eigenvalue weighted by Crippen LogP contribution is -2.09. The van der Waals surface area contributed by atoms with Crippen LogP contribution in [-0.2, 0) is 4.74 Å². The zero-order chi connectivity index (χ0) is 5.70. The summed E-state index contributed by atoms with van der Waals surface area (Å²) in [5.74, 6) is 0. The second-order valence-corrected chi connectivity index (χ2v) is 1.31. The van der Waals surface area contributed by atoms with Gasteiger partial charge in [-0.2, -0.15) is 0 Å². The molecule has 0 bridgehead atoms. The monoisotopic (exact) mass is 103 g/mol. The first kappa shape index (κ1) is 6.92. The molecule has 1 atom stereocenters. The molecule has 1 unspecified atom stereocenters. The molecule has 0 aromatic heterocycles. The minimum Gasteiger partial charge on any atom is -0.391 e. The van der Waals surface area contributed by atoms with Crippen molar-refractivity contribution in [2.75, 3.05) is 13.2 Å². The van der Waals surface area contributed by atoms with E-state index in [1.165, 1.54) is 0 Å². The number of aliphatic hydroxyl groups is 1. The summed E-state index contributed by atoms with van der Waals surface area (Å²) in [5.41, 5.74) is 0. The van der Waals surface area contributed by atoms with Crippen molar-refractivity contribution in [2.45, 2.75) is 13.0 Å². The van der Waals surface area contributed by atoms with Gasteiger partial charge in [0.05, 0.1) is 12.7 Å². The van der Waals surface area contributed by atoms with Crippen molar-refractivity contribution in [3.8, 4) is 0 Å². The van der Waals surface area contributed by atoms with Gasteiger partial charge in [0.25, 0.3) is 0 Å². The third-order valence-electron chi connectivity index (χ3n) is 0.514. The highest BCUT2D eigenvalue weighted by atomic mass is 16.5. The number of rotatable bonds is 3. The van der Waals surface area contributed by atoms with E-state index in [1.54, 1.807) is 0 Å². The molecule has 0 amide bonds. The van der Waals surface area contributed by atoms with Crippen LogP contribution in [0.2, 0.25) is 0 Å². The lowest BCUT2D eigenvalue weighted by atomic mass is 10.4. The molecule has 0 aliphatic rings. The summed E-state index contributed by atoms with van der Waals surface area (Å²) >= 11 is 0. The van der Waals surface area contributed by atoms with Crippen molar-refractivity contribution in [2.24, 2.45) is 0 Å². The van der Waals surface area contributed by atoms with E-state index in [-0.39, 0.29) is 0 Å². The van der Waals surface area contributed by atoms with Gasteiger partial charge < -0.3 is 9.84 Å². The lowest BCUT2D eigenvalue weighted by molar-refractivity contribution is 0.0655. The Hall–Kier alpha value is -0.0800. The van der Waals surface area contributed by atoms with Gasteiger partial charge in [-0.15, -0.1) is 0 Å². The van der Waals surface area contributed by atoms with Gasteiger partial charge in [-0.1, -0.05) is 0 Å². The third-order valence-corrected chi connectivity index (χ3v) is 0.514. The van der Waals surface area contributed by atoms with Crippen LogP contribution in [0.15, 0.2) is 0 Å². The molecule has 0 aliphatic heterocycles. The van der Waals surface area contributed by atoms with Crippen LogP contribution in [0.1, 0.15) is 6.92 Å². The smallest absolute Gasteiger partial charge is 0.0774 e. The van der Waals surface area contributed by atoms with Crippen molar-refractivity contribution in [3.05, 3.63) is 6.92 Å². The van der Waals surface area contributed by atoms with Crippen LogP contribution in [-0.4, -0.2) is 24.4 Å². The highest BCUT2D eigenvalue weighted by molar-refractivity contribution is 4.52. The summed E-state index contributed by atoms with van der Waals surface area (Å²) in [5, 5.41) is 8.45. The van der Waals surface area contributed by atoms with Gasteiger partial charge in [-0.25, -0.2) is 0 Å². The molecular formula is C5H11O2. The molecule has 0 aromatic carbocycles. The largest absolute Gasteiger partial charge is 0.391 e. The fourth-order valence-electron chi connectivity index (χ4n) is 0.254. The van der Waals surface area contributed by atoms with Crippen LogP contribution in [0.3, 0.4) is 0 Å². The molecule has 0 saturated heterocycles. The molecule has 0 heterocycles. The van der Waals surface area contributed by atoms with Gasteiger partial charge >= 0.3 is 0 Å². The van der Waals surface area contributed by atoms with E-state index in [2.05, 4.69) is 6.92 Å². The molecular weight excluding hydrogens is 92.1 g/mol. The molecule has 0 rings (SSSR count). The van der Waals surface area contributed by atoms with E-state index >= 15 is 0 Å². The quantitative estimate of drug-likeness (QED) is 0.553. The summed E-state index contributed by atoms with van der Waals surface area (Å²) in [4.78, 5) is 0. The van der Waals surface area contributed by atoms with Crippen molar-refractivity contribution < 1.29 is 9.84 Å². The Morgan fingerprint density at radius 3 is 2.57 bits per heavy atom. The molecule has 43 valence electrons. The van der Waals surface area contributed by atoms with E-state index in [0.29, 0.717) is 13.2 Å². The van der Waals surface area contributed by atoms with Gasteiger partial charge in [-0.05, 0) is 13.8 Å². The van der Waals surface area contributed by atoms with Crippen molar-refractivity contribution in [1.29, 1.82) is 0 Å². The van der Waals surface area contributed by atoms with Crippen molar-refractivity contribution in [3.63, 3.8) is 0 Å². The fraction of sp³-hybridized carbons (Fsp3) is 0.800. The molecule has 1 N–H and O–H groups in total. The maximum atomic E-state index is 8.45. The highest BCUT2D eigenvalue weighted by Gasteiger charge is 1.90.